The third-order valence-corrected chi connectivity index (χ3v) is 1.82. The molecule has 0 N–H and O–H groups in total. The molecule has 0 amide bonds. The summed E-state index contributed by atoms with van der Waals surface area (Å²) in [5.41, 5.74) is 0. The standard InChI is InChI=1S/C5H5F2Si/c6-8(7)5-3-1-2-4-5/h1,3,8H,2H2. The third-order valence-electron chi connectivity index (χ3n) is 0.957. The molecule has 0 saturated heterocycles. The fourth-order valence-corrected chi connectivity index (χ4v) is 1.13. The van der Waals surface area contributed by atoms with E-state index in [4.69, 9.17) is 0 Å². The molecule has 0 saturated carbocycles. The zero-order valence-electron chi connectivity index (χ0n) is 4.20. The van der Waals surface area contributed by atoms with Crippen LogP contribution in [0.25, 0.3) is 0 Å². The van der Waals surface area contributed by atoms with Crippen molar-refractivity contribution in [1.82, 2.24) is 0 Å². The van der Waals surface area contributed by atoms with Gasteiger partial charge in [0.2, 0.25) is 0 Å². The fraction of sp³-hybridized carbons (Fsp3) is 0.200. The predicted molar refractivity (Wildman–Crippen MR) is 29.9 cm³/mol. The monoisotopic (exact) mass is 131 g/mol. The minimum atomic E-state index is -3.50. The molecule has 0 heterocycles. The van der Waals surface area contributed by atoms with Crippen LogP contribution < -0.4 is 0 Å². The Morgan fingerprint density at radius 1 is 1.62 bits per heavy atom. The van der Waals surface area contributed by atoms with Crippen molar-refractivity contribution in [3.63, 3.8) is 0 Å². The Balaban J connectivity index is 2.58. The highest BCUT2D eigenvalue weighted by molar-refractivity contribution is 6.53. The Labute approximate surface area is 48.5 Å². The summed E-state index contributed by atoms with van der Waals surface area (Å²) in [6.45, 7) is 0. The summed E-state index contributed by atoms with van der Waals surface area (Å²) in [6, 6.07) is 0. The number of rotatable bonds is 1. The molecule has 0 bridgehead atoms. The Hall–Kier alpha value is -0.443. The Morgan fingerprint density at radius 3 is 2.62 bits per heavy atom. The minimum absolute atomic E-state index is 0.171. The summed E-state index contributed by atoms with van der Waals surface area (Å²) >= 11 is 0. The topological polar surface area (TPSA) is 0 Å². The van der Waals surface area contributed by atoms with Crippen molar-refractivity contribution in [2.45, 2.75) is 6.42 Å². The van der Waals surface area contributed by atoms with Crippen LogP contribution in [0, 0.1) is 6.08 Å². The van der Waals surface area contributed by atoms with E-state index < -0.39 is 9.46 Å². The summed E-state index contributed by atoms with van der Waals surface area (Å²) < 4.78 is 23.5. The molecule has 0 unspecified atom stereocenters. The molecule has 1 aliphatic carbocycles. The molecule has 0 aromatic heterocycles. The van der Waals surface area contributed by atoms with Crippen LogP contribution in [-0.4, -0.2) is 9.46 Å². The molecule has 0 aromatic carbocycles. The Morgan fingerprint density at radius 2 is 2.38 bits per heavy atom. The van der Waals surface area contributed by atoms with E-state index >= 15 is 0 Å². The molecule has 0 fully saturated rings. The van der Waals surface area contributed by atoms with Crippen LogP contribution in [-0.2, 0) is 0 Å². The molecule has 43 valence electrons. The van der Waals surface area contributed by atoms with Crippen molar-refractivity contribution in [3.05, 3.63) is 23.4 Å². The largest absolute Gasteiger partial charge is 0.441 e. The maximum absolute atomic E-state index is 11.7. The highest BCUT2D eigenvalue weighted by Crippen LogP contribution is 2.11. The van der Waals surface area contributed by atoms with Gasteiger partial charge in [0.1, 0.15) is 0 Å². The lowest BCUT2D eigenvalue weighted by molar-refractivity contribution is 0.677. The second kappa shape index (κ2) is 2.22. The highest BCUT2D eigenvalue weighted by Gasteiger charge is 2.13. The van der Waals surface area contributed by atoms with Gasteiger partial charge in [-0.25, -0.2) is 0 Å². The van der Waals surface area contributed by atoms with Crippen molar-refractivity contribution in [2.75, 3.05) is 0 Å². The van der Waals surface area contributed by atoms with Crippen LogP contribution in [0.15, 0.2) is 17.3 Å². The minimum Gasteiger partial charge on any atom is -0.269 e. The van der Waals surface area contributed by atoms with Gasteiger partial charge in [-0.2, -0.15) is 0 Å². The van der Waals surface area contributed by atoms with Gasteiger partial charge < -0.3 is 0 Å². The lowest BCUT2D eigenvalue weighted by Crippen LogP contribution is -1.97. The molecule has 0 atom stereocenters. The zero-order valence-corrected chi connectivity index (χ0v) is 5.35. The van der Waals surface area contributed by atoms with Crippen molar-refractivity contribution >= 4 is 9.46 Å². The lowest BCUT2D eigenvalue weighted by atomic mass is 10.5. The fourth-order valence-electron chi connectivity index (χ4n) is 0.571. The second-order valence-corrected chi connectivity index (χ2v) is 2.76. The van der Waals surface area contributed by atoms with Gasteiger partial charge >= 0.3 is 9.46 Å². The van der Waals surface area contributed by atoms with Gasteiger partial charge in [-0.15, -0.1) is 0 Å². The van der Waals surface area contributed by atoms with E-state index in [1.165, 1.54) is 6.08 Å². The molecule has 0 nitrogen and oxygen atoms in total. The van der Waals surface area contributed by atoms with Crippen molar-refractivity contribution in [3.8, 4) is 0 Å². The summed E-state index contributed by atoms with van der Waals surface area (Å²) in [6.07, 6.45) is 6.32. The quantitative estimate of drug-likeness (QED) is 0.372. The van der Waals surface area contributed by atoms with Crippen molar-refractivity contribution in [1.29, 1.82) is 0 Å². The van der Waals surface area contributed by atoms with Gasteiger partial charge in [-0.1, -0.05) is 12.2 Å². The summed E-state index contributed by atoms with van der Waals surface area (Å²) in [5.74, 6) is 0. The van der Waals surface area contributed by atoms with Gasteiger partial charge in [0.05, 0.1) is 0 Å². The molecule has 0 aliphatic heterocycles. The van der Waals surface area contributed by atoms with E-state index in [-0.39, 0.29) is 5.20 Å². The van der Waals surface area contributed by atoms with Crippen LogP contribution >= 0.6 is 0 Å². The van der Waals surface area contributed by atoms with E-state index in [0.29, 0.717) is 6.42 Å². The van der Waals surface area contributed by atoms with E-state index in [9.17, 15) is 8.22 Å². The summed E-state index contributed by atoms with van der Waals surface area (Å²) in [7, 11) is -3.50. The molecular formula is C5H5F2Si. The molecule has 1 aliphatic rings. The van der Waals surface area contributed by atoms with Crippen molar-refractivity contribution < 1.29 is 8.22 Å². The smallest absolute Gasteiger partial charge is 0.269 e. The van der Waals surface area contributed by atoms with E-state index in [1.54, 1.807) is 6.08 Å². The first-order valence-electron chi connectivity index (χ1n) is 2.36. The number of hydrogen-bond donors (Lipinski definition) is 0. The zero-order chi connectivity index (χ0) is 5.98. The highest BCUT2D eigenvalue weighted by atomic mass is 28.4. The number of halogens is 2. The third kappa shape index (κ3) is 1.04. The van der Waals surface area contributed by atoms with Crippen LogP contribution in [0.3, 0.4) is 0 Å². The predicted octanol–water partition coefficient (Wildman–Crippen LogP) is 1.37. The van der Waals surface area contributed by atoms with E-state index in [0.717, 1.165) is 0 Å². The summed E-state index contributed by atoms with van der Waals surface area (Å²) in [5, 5.41) is 0.171. The van der Waals surface area contributed by atoms with Gasteiger partial charge in [0, 0.05) is 5.20 Å². The van der Waals surface area contributed by atoms with E-state index in [1.807, 2.05) is 0 Å². The second-order valence-electron chi connectivity index (χ2n) is 1.54. The first kappa shape index (κ1) is 5.69. The van der Waals surface area contributed by atoms with Crippen molar-refractivity contribution in [2.24, 2.45) is 0 Å². The summed E-state index contributed by atoms with van der Waals surface area (Å²) in [4.78, 5) is 0. The molecular weight excluding hydrogens is 126 g/mol. The van der Waals surface area contributed by atoms with Gasteiger partial charge in [-0.05, 0) is 12.5 Å². The lowest BCUT2D eigenvalue weighted by Gasteiger charge is -1.88. The maximum Gasteiger partial charge on any atom is 0.441 e. The molecule has 0 spiro atoms. The average Bonchev–Trinajstić information content (AvgIpc) is 2.12. The van der Waals surface area contributed by atoms with E-state index in [2.05, 4.69) is 6.08 Å². The van der Waals surface area contributed by atoms with Crippen LogP contribution in [0.2, 0.25) is 0 Å². The molecule has 8 heavy (non-hydrogen) atoms. The normalized spacial score (nSPS) is 17.6. The molecule has 0 aromatic rings. The Bertz CT molecular complexity index is 137. The Kier molecular flexibility index (Phi) is 1.58. The average molecular weight is 131 g/mol. The van der Waals surface area contributed by atoms with Crippen LogP contribution in [0.4, 0.5) is 8.22 Å². The van der Waals surface area contributed by atoms with Gasteiger partial charge in [-0.3, -0.25) is 8.22 Å². The first-order chi connectivity index (χ1) is 3.80. The SMILES string of the molecule is F[SiH](F)C1=[C]CC=C1. The van der Waals surface area contributed by atoms with Gasteiger partial charge in [0.25, 0.3) is 0 Å². The van der Waals surface area contributed by atoms with Crippen LogP contribution in [0.1, 0.15) is 6.42 Å². The van der Waals surface area contributed by atoms with Crippen LogP contribution in [0.5, 0.6) is 0 Å². The molecule has 3 heteroatoms. The number of hydrogen-bond acceptors (Lipinski definition) is 0. The number of allylic oxidation sites excluding steroid dienone is 4. The van der Waals surface area contributed by atoms with Gasteiger partial charge in [0.15, 0.2) is 0 Å². The molecule has 1 rings (SSSR count). The molecule has 1 radical (unpaired) electrons. The first-order valence-corrected chi connectivity index (χ1v) is 3.81. The maximum atomic E-state index is 11.7.